The van der Waals surface area contributed by atoms with E-state index in [0.29, 0.717) is 31.3 Å². The third-order valence-corrected chi connectivity index (χ3v) is 6.83. The lowest BCUT2D eigenvalue weighted by Gasteiger charge is -2.37. The molecule has 1 fully saturated rings. The molecule has 0 unspecified atom stereocenters. The number of hydrogen-bond donors (Lipinski definition) is 0. The zero-order chi connectivity index (χ0) is 22.9. The first-order valence-corrected chi connectivity index (χ1v) is 11.5. The van der Waals surface area contributed by atoms with Crippen LogP contribution in [0.3, 0.4) is 0 Å². The van der Waals surface area contributed by atoms with Crippen molar-refractivity contribution < 1.29 is 4.92 Å². The first-order chi connectivity index (χ1) is 16.0. The molecule has 2 aliphatic rings. The summed E-state index contributed by atoms with van der Waals surface area (Å²) in [5, 5.41) is 12.3. The monoisotopic (exact) mass is 444 g/mol. The van der Waals surface area contributed by atoms with Gasteiger partial charge in [0.2, 0.25) is 11.6 Å². The Balaban J connectivity index is 1.45. The highest BCUT2D eigenvalue weighted by molar-refractivity contribution is 5.78. The third-order valence-electron chi connectivity index (χ3n) is 6.83. The van der Waals surface area contributed by atoms with E-state index in [0.717, 1.165) is 31.6 Å². The van der Waals surface area contributed by atoms with Gasteiger partial charge in [-0.3, -0.25) is 10.1 Å². The van der Waals surface area contributed by atoms with Crippen molar-refractivity contribution in [2.75, 3.05) is 47.4 Å². The largest absolute Gasteiger partial charge is 0.368 e. The van der Waals surface area contributed by atoms with Crippen LogP contribution in [-0.4, -0.2) is 47.6 Å². The zero-order valence-corrected chi connectivity index (χ0v) is 19.1. The van der Waals surface area contributed by atoms with Crippen LogP contribution in [0.15, 0.2) is 48.8 Å². The highest BCUT2D eigenvalue weighted by atomic mass is 16.6. The number of aromatic nitrogens is 2. The van der Waals surface area contributed by atoms with Crippen LogP contribution in [0.1, 0.15) is 23.1 Å². The zero-order valence-electron chi connectivity index (χ0n) is 19.1. The molecule has 0 radical (unpaired) electrons. The molecule has 2 aliphatic heterocycles. The van der Waals surface area contributed by atoms with Gasteiger partial charge >= 0.3 is 5.69 Å². The normalized spacial score (nSPS) is 16.0. The smallest absolute Gasteiger partial charge is 0.353 e. The Morgan fingerprint density at radius 3 is 2.33 bits per heavy atom. The maximum absolute atomic E-state index is 12.3. The predicted molar refractivity (Wildman–Crippen MR) is 131 cm³/mol. The van der Waals surface area contributed by atoms with Gasteiger partial charge in [0, 0.05) is 44.1 Å². The van der Waals surface area contributed by atoms with Gasteiger partial charge in [-0.1, -0.05) is 30.3 Å². The van der Waals surface area contributed by atoms with Crippen LogP contribution in [0.5, 0.6) is 0 Å². The minimum Gasteiger partial charge on any atom is -0.368 e. The Hall–Kier alpha value is -3.68. The van der Waals surface area contributed by atoms with Gasteiger partial charge in [0.25, 0.3) is 0 Å². The molecule has 3 heterocycles. The van der Waals surface area contributed by atoms with Gasteiger partial charge in [0.05, 0.1) is 4.92 Å². The Kier molecular flexibility index (Phi) is 5.58. The highest BCUT2D eigenvalue weighted by Crippen LogP contribution is 2.40. The summed E-state index contributed by atoms with van der Waals surface area (Å²) in [6.45, 7) is 7.88. The van der Waals surface area contributed by atoms with Crippen LogP contribution >= 0.6 is 0 Å². The quantitative estimate of drug-likeness (QED) is 0.436. The van der Waals surface area contributed by atoms with Crippen molar-refractivity contribution in [2.24, 2.45) is 0 Å². The lowest BCUT2D eigenvalue weighted by Crippen LogP contribution is -2.47. The van der Waals surface area contributed by atoms with Crippen molar-refractivity contribution in [3.8, 4) is 0 Å². The maximum Gasteiger partial charge on any atom is 0.353 e. The summed E-state index contributed by atoms with van der Waals surface area (Å²) in [7, 11) is 0. The molecule has 0 bridgehead atoms. The van der Waals surface area contributed by atoms with E-state index in [4.69, 9.17) is 0 Å². The van der Waals surface area contributed by atoms with Crippen molar-refractivity contribution in [1.29, 1.82) is 0 Å². The van der Waals surface area contributed by atoms with Gasteiger partial charge in [-0.05, 0) is 55.5 Å². The molecule has 2 aromatic carbocycles. The minimum atomic E-state index is -0.320. The molecular weight excluding hydrogens is 416 g/mol. The summed E-state index contributed by atoms with van der Waals surface area (Å²) >= 11 is 0. The van der Waals surface area contributed by atoms with Crippen molar-refractivity contribution in [3.63, 3.8) is 0 Å². The van der Waals surface area contributed by atoms with Crippen LogP contribution in [0.25, 0.3) is 0 Å². The maximum atomic E-state index is 12.3. The molecule has 0 amide bonds. The fourth-order valence-electron chi connectivity index (χ4n) is 4.94. The number of hydrogen-bond acceptors (Lipinski definition) is 7. The number of anilines is 4. The number of nitro groups is 1. The lowest BCUT2D eigenvalue weighted by atomic mass is 10.0. The molecule has 0 saturated carbocycles. The second-order valence-corrected chi connectivity index (χ2v) is 8.70. The standard InChI is InChI=1S/C25H28N6O2/c1-18-7-5-11-21(19(18)2)28-13-15-29(16-14-28)24-23(31(32)33)25(27-17-26-24)30-12-6-9-20-8-3-4-10-22(20)30/h3-5,7-8,10-11,17H,6,9,12-16H2,1-2H3. The average molecular weight is 445 g/mol. The van der Waals surface area contributed by atoms with E-state index < -0.39 is 0 Å². The van der Waals surface area contributed by atoms with Crippen LogP contribution < -0.4 is 14.7 Å². The molecule has 0 aliphatic carbocycles. The number of aryl methyl sites for hydroxylation is 2. The van der Waals surface area contributed by atoms with Crippen molar-refractivity contribution in [3.05, 3.63) is 75.6 Å². The molecule has 0 atom stereocenters. The summed E-state index contributed by atoms with van der Waals surface area (Å²) in [6.07, 6.45) is 3.37. The van der Waals surface area contributed by atoms with Gasteiger partial charge in [-0.2, -0.15) is 0 Å². The Morgan fingerprint density at radius 1 is 0.848 bits per heavy atom. The Bertz CT molecular complexity index is 1190. The van der Waals surface area contributed by atoms with E-state index in [9.17, 15) is 10.1 Å². The van der Waals surface area contributed by atoms with Gasteiger partial charge < -0.3 is 14.7 Å². The molecule has 1 saturated heterocycles. The first-order valence-electron chi connectivity index (χ1n) is 11.5. The Morgan fingerprint density at radius 2 is 1.55 bits per heavy atom. The third kappa shape index (κ3) is 3.86. The minimum absolute atomic E-state index is 0.00520. The second kappa shape index (κ2) is 8.69. The van der Waals surface area contributed by atoms with Crippen molar-refractivity contribution in [1.82, 2.24) is 9.97 Å². The van der Waals surface area contributed by atoms with Crippen molar-refractivity contribution >= 4 is 28.7 Å². The van der Waals surface area contributed by atoms with E-state index >= 15 is 0 Å². The molecular formula is C25H28N6O2. The molecule has 8 nitrogen and oxygen atoms in total. The molecule has 170 valence electrons. The molecule has 3 aromatic rings. The summed E-state index contributed by atoms with van der Waals surface area (Å²) in [6, 6.07) is 14.4. The van der Waals surface area contributed by atoms with Crippen LogP contribution in [0.4, 0.5) is 28.7 Å². The first kappa shape index (κ1) is 21.2. The number of rotatable bonds is 4. The molecule has 0 spiro atoms. The number of nitrogens with zero attached hydrogens (tertiary/aromatic N) is 6. The number of benzene rings is 2. The van der Waals surface area contributed by atoms with E-state index in [1.165, 1.54) is 28.7 Å². The van der Waals surface area contributed by atoms with Crippen LogP contribution in [-0.2, 0) is 6.42 Å². The molecule has 1 aromatic heterocycles. The summed E-state index contributed by atoms with van der Waals surface area (Å²) in [4.78, 5) is 27.1. The summed E-state index contributed by atoms with van der Waals surface area (Å²) < 4.78 is 0. The second-order valence-electron chi connectivity index (χ2n) is 8.70. The summed E-state index contributed by atoms with van der Waals surface area (Å²) in [5.74, 6) is 0.794. The van der Waals surface area contributed by atoms with Gasteiger partial charge in [-0.25, -0.2) is 9.97 Å². The fourth-order valence-corrected chi connectivity index (χ4v) is 4.94. The average Bonchev–Trinajstić information content (AvgIpc) is 2.85. The number of para-hydroxylation sites is 1. The van der Waals surface area contributed by atoms with Gasteiger partial charge in [-0.15, -0.1) is 0 Å². The predicted octanol–water partition coefficient (Wildman–Crippen LogP) is 4.41. The van der Waals surface area contributed by atoms with E-state index in [-0.39, 0.29) is 10.6 Å². The fraction of sp³-hybridized carbons (Fsp3) is 0.360. The molecule has 33 heavy (non-hydrogen) atoms. The summed E-state index contributed by atoms with van der Waals surface area (Å²) in [5.41, 5.74) is 5.97. The van der Waals surface area contributed by atoms with Gasteiger partial charge in [0.15, 0.2) is 0 Å². The topological polar surface area (TPSA) is 78.6 Å². The van der Waals surface area contributed by atoms with Crippen LogP contribution in [0, 0.1) is 24.0 Å². The molecule has 0 N–H and O–H groups in total. The van der Waals surface area contributed by atoms with Crippen molar-refractivity contribution in [2.45, 2.75) is 26.7 Å². The Labute approximate surface area is 193 Å². The number of piperazine rings is 1. The SMILES string of the molecule is Cc1cccc(N2CCN(c3ncnc(N4CCCc5ccccc54)c3[N+](=O)[O-])CC2)c1C. The van der Waals surface area contributed by atoms with Crippen LogP contribution in [0.2, 0.25) is 0 Å². The van der Waals surface area contributed by atoms with E-state index in [1.54, 1.807) is 0 Å². The highest BCUT2D eigenvalue weighted by Gasteiger charge is 2.33. The van der Waals surface area contributed by atoms with E-state index in [2.05, 4.69) is 53.0 Å². The van der Waals surface area contributed by atoms with Gasteiger partial charge in [0.1, 0.15) is 6.33 Å². The van der Waals surface area contributed by atoms with E-state index in [1.807, 2.05) is 28.0 Å². The molecule has 5 rings (SSSR count). The number of fused-ring (bicyclic) bond motifs is 1. The lowest BCUT2D eigenvalue weighted by molar-refractivity contribution is -0.383. The molecule has 8 heteroatoms.